The van der Waals surface area contributed by atoms with Gasteiger partial charge < -0.3 is 9.84 Å². The van der Waals surface area contributed by atoms with Gasteiger partial charge in [-0.1, -0.05) is 12.1 Å². The van der Waals surface area contributed by atoms with Crippen LogP contribution < -0.4 is 0 Å². The van der Waals surface area contributed by atoms with Crippen molar-refractivity contribution in [2.24, 2.45) is 5.41 Å². The van der Waals surface area contributed by atoms with E-state index >= 15 is 0 Å². The first-order valence-corrected chi connectivity index (χ1v) is 5.10. The lowest BCUT2D eigenvalue weighted by atomic mass is 9.79. The van der Waals surface area contributed by atoms with Gasteiger partial charge in [0, 0.05) is 0 Å². The Morgan fingerprint density at radius 1 is 1.56 bits per heavy atom. The van der Waals surface area contributed by atoms with Gasteiger partial charge in [-0.25, -0.2) is 4.39 Å². The van der Waals surface area contributed by atoms with Gasteiger partial charge in [0.25, 0.3) is 0 Å². The van der Waals surface area contributed by atoms with Crippen molar-refractivity contribution in [1.29, 1.82) is 0 Å². The van der Waals surface area contributed by atoms with Crippen molar-refractivity contribution in [3.63, 3.8) is 0 Å². The first-order valence-electron chi connectivity index (χ1n) is 5.10. The second-order valence-electron chi connectivity index (χ2n) is 4.34. The number of carboxylic acids is 1. The van der Waals surface area contributed by atoms with Crippen molar-refractivity contribution >= 4 is 5.97 Å². The molecule has 1 aliphatic heterocycles. The third kappa shape index (κ3) is 1.80. The maximum atomic E-state index is 13.0. The van der Waals surface area contributed by atoms with Crippen LogP contribution in [0.4, 0.5) is 4.39 Å². The second-order valence-corrected chi connectivity index (χ2v) is 4.34. The second kappa shape index (κ2) is 3.87. The number of halogens is 1. The van der Waals surface area contributed by atoms with E-state index in [9.17, 15) is 9.18 Å². The summed E-state index contributed by atoms with van der Waals surface area (Å²) in [5.41, 5.74) is 0.562. The van der Waals surface area contributed by atoms with Gasteiger partial charge in [-0.05, 0) is 30.5 Å². The van der Waals surface area contributed by atoms with E-state index in [0.717, 1.165) is 5.56 Å². The normalized spacial score (nSPS) is 17.9. The Labute approximate surface area is 92.9 Å². The van der Waals surface area contributed by atoms with E-state index in [1.54, 1.807) is 19.1 Å². The summed E-state index contributed by atoms with van der Waals surface area (Å²) in [6, 6.07) is 4.70. The van der Waals surface area contributed by atoms with Crippen molar-refractivity contribution in [3.05, 3.63) is 35.1 Å². The van der Waals surface area contributed by atoms with Gasteiger partial charge in [0.2, 0.25) is 0 Å². The molecule has 1 aromatic rings. The van der Waals surface area contributed by atoms with Crippen molar-refractivity contribution in [2.75, 3.05) is 13.2 Å². The van der Waals surface area contributed by atoms with Gasteiger partial charge >= 0.3 is 5.97 Å². The van der Waals surface area contributed by atoms with Gasteiger partial charge in [0.05, 0.1) is 13.2 Å². The fourth-order valence-electron chi connectivity index (χ4n) is 1.86. The molecule has 0 spiro atoms. The minimum Gasteiger partial charge on any atom is -0.481 e. The molecule has 86 valence electrons. The van der Waals surface area contributed by atoms with Gasteiger partial charge in [0.1, 0.15) is 11.2 Å². The van der Waals surface area contributed by atoms with Crippen LogP contribution in [0.25, 0.3) is 0 Å². The minimum absolute atomic E-state index is 0.235. The highest BCUT2D eigenvalue weighted by molar-refractivity contribution is 5.76. The fraction of sp³-hybridized carbons (Fsp3) is 0.417. The number of hydrogen-bond acceptors (Lipinski definition) is 2. The number of hydrogen-bond donors (Lipinski definition) is 1. The Kier molecular flexibility index (Phi) is 2.68. The topological polar surface area (TPSA) is 46.5 Å². The van der Waals surface area contributed by atoms with E-state index in [0.29, 0.717) is 12.0 Å². The van der Waals surface area contributed by atoms with Gasteiger partial charge in [0.15, 0.2) is 0 Å². The van der Waals surface area contributed by atoms with Crippen LogP contribution in [0.15, 0.2) is 18.2 Å². The quantitative estimate of drug-likeness (QED) is 0.851. The lowest BCUT2D eigenvalue weighted by Gasteiger charge is -2.37. The highest BCUT2D eigenvalue weighted by Gasteiger charge is 2.46. The Hall–Kier alpha value is -1.42. The van der Waals surface area contributed by atoms with Crippen LogP contribution in [0.5, 0.6) is 0 Å². The van der Waals surface area contributed by atoms with Crippen LogP contribution in [0.3, 0.4) is 0 Å². The SMILES string of the molecule is Cc1cc(CC2(C(=O)O)COC2)ccc1F. The standard InChI is InChI=1S/C12H13FO3/c1-8-4-9(2-3-10(8)13)5-12(11(14)15)6-16-7-12/h2-4H,5-7H2,1H3,(H,14,15). The van der Waals surface area contributed by atoms with Gasteiger partial charge in [-0.3, -0.25) is 4.79 Å². The first-order chi connectivity index (χ1) is 7.53. The average molecular weight is 224 g/mol. The molecule has 1 saturated heterocycles. The van der Waals surface area contributed by atoms with Crippen LogP contribution in [0.2, 0.25) is 0 Å². The molecule has 1 aliphatic rings. The molecule has 3 nitrogen and oxygen atoms in total. The summed E-state index contributed by atoms with van der Waals surface area (Å²) in [5, 5.41) is 9.11. The van der Waals surface area contributed by atoms with Crippen molar-refractivity contribution < 1.29 is 19.0 Å². The molecule has 4 heteroatoms. The predicted molar refractivity (Wildman–Crippen MR) is 55.7 cm³/mol. The Bertz CT molecular complexity index is 424. The molecule has 0 radical (unpaired) electrons. The maximum Gasteiger partial charge on any atom is 0.314 e. The highest BCUT2D eigenvalue weighted by atomic mass is 19.1. The first kappa shape index (κ1) is 11.1. The molecule has 0 aromatic heterocycles. The van der Waals surface area contributed by atoms with Crippen LogP contribution in [0.1, 0.15) is 11.1 Å². The van der Waals surface area contributed by atoms with E-state index in [-0.39, 0.29) is 19.0 Å². The zero-order valence-electron chi connectivity index (χ0n) is 9.00. The zero-order chi connectivity index (χ0) is 11.8. The molecule has 0 amide bonds. The zero-order valence-corrected chi connectivity index (χ0v) is 9.00. The molecular formula is C12H13FO3. The van der Waals surface area contributed by atoms with E-state index in [1.165, 1.54) is 6.07 Å². The summed E-state index contributed by atoms with van der Waals surface area (Å²) in [5.74, 6) is -1.11. The van der Waals surface area contributed by atoms with Crippen LogP contribution in [0, 0.1) is 18.2 Å². The van der Waals surface area contributed by atoms with E-state index in [4.69, 9.17) is 9.84 Å². The van der Waals surface area contributed by atoms with Gasteiger partial charge in [-0.2, -0.15) is 0 Å². The van der Waals surface area contributed by atoms with Gasteiger partial charge in [-0.15, -0.1) is 0 Å². The molecule has 1 fully saturated rings. The molecule has 0 aliphatic carbocycles. The van der Waals surface area contributed by atoms with Crippen LogP contribution in [-0.2, 0) is 16.0 Å². The molecular weight excluding hydrogens is 211 g/mol. The van der Waals surface area contributed by atoms with Crippen molar-refractivity contribution in [2.45, 2.75) is 13.3 Å². The third-order valence-electron chi connectivity index (χ3n) is 2.98. The monoisotopic (exact) mass is 224 g/mol. The number of aryl methyl sites for hydroxylation is 1. The highest BCUT2D eigenvalue weighted by Crippen LogP contribution is 2.32. The minimum atomic E-state index is -0.847. The number of carboxylic acid groups (broad SMARTS) is 1. The summed E-state index contributed by atoms with van der Waals surface area (Å²) in [7, 11) is 0. The molecule has 1 heterocycles. The average Bonchev–Trinajstić information content (AvgIpc) is 2.16. The summed E-state index contributed by atoms with van der Waals surface area (Å²) in [6.45, 7) is 2.14. The van der Waals surface area contributed by atoms with E-state index in [2.05, 4.69) is 0 Å². The number of benzene rings is 1. The van der Waals surface area contributed by atoms with Crippen molar-refractivity contribution in [3.8, 4) is 0 Å². The Balaban J connectivity index is 2.20. The molecule has 2 rings (SSSR count). The summed E-state index contributed by atoms with van der Waals surface area (Å²) in [4.78, 5) is 11.1. The summed E-state index contributed by atoms with van der Waals surface area (Å²) in [6.07, 6.45) is 0.392. The fourth-order valence-corrected chi connectivity index (χ4v) is 1.86. The molecule has 1 N–H and O–H groups in total. The Morgan fingerprint density at radius 2 is 2.25 bits per heavy atom. The number of carbonyl (C=O) groups is 1. The molecule has 0 bridgehead atoms. The number of ether oxygens (including phenoxy) is 1. The molecule has 0 saturated carbocycles. The molecule has 0 atom stereocenters. The lowest BCUT2D eigenvalue weighted by molar-refractivity contribution is -0.179. The predicted octanol–water partition coefficient (Wildman–Crippen LogP) is 1.78. The largest absolute Gasteiger partial charge is 0.481 e. The molecule has 16 heavy (non-hydrogen) atoms. The van der Waals surface area contributed by atoms with Crippen LogP contribution in [-0.4, -0.2) is 24.3 Å². The number of rotatable bonds is 3. The summed E-state index contributed by atoms with van der Waals surface area (Å²) >= 11 is 0. The third-order valence-corrected chi connectivity index (χ3v) is 2.98. The van der Waals surface area contributed by atoms with E-state index < -0.39 is 11.4 Å². The smallest absolute Gasteiger partial charge is 0.314 e. The lowest BCUT2D eigenvalue weighted by Crippen LogP contribution is -2.50. The van der Waals surface area contributed by atoms with Crippen LogP contribution >= 0.6 is 0 Å². The van der Waals surface area contributed by atoms with Crippen molar-refractivity contribution in [1.82, 2.24) is 0 Å². The van der Waals surface area contributed by atoms with E-state index in [1.807, 2.05) is 0 Å². The Morgan fingerprint density at radius 3 is 2.69 bits per heavy atom. The molecule has 0 unspecified atom stereocenters. The number of aliphatic carboxylic acids is 1. The maximum absolute atomic E-state index is 13.0. The summed E-state index contributed by atoms with van der Waals surface area (Å²) < 4.78 is 18.0. The molecule has 1 aromatic carbocycles.